The smallest absolute Gasteiger partial charge is 0.315 e. The van der Waals surface area contributed by atoms with Crippen LogP contribution in [0.15, 0.2) is 12.4 Å². The maximum absolute atomic E-state index is 12.2. The highest BCUT2D eigenvalue weighted by molar-refractivity contribution is 5.78. The fraction of sp³-hybridized carbons (Fsp3) is 0.688. The minimum Gasteiger partial charge on any atom is -0.340 e. The van der Waals surface area contributed by atoms with E-state index in [4.69, 9.17) is 0 Å². The lowest BCUT2D eigenvalue weighted by Crippen LogP contribution is -2.44. The van der Waals surface area contributed by atoms with Gasteiger partial charge in [0.05, 0.1) is 12.2 Å². The molecule has 1 aliphatic rings. The third kappa shape index (κ3) is 4.97. The van der Waals surface area contributed by atoms with Crippen LogP contribution < -0.4 is 10.6 Å². The number of nitrogens with zero attached hydrogens (tertiary/aromatic N) is 3. The van der Waals surface area contributed by atoms with Gasteiger partial charge in [0.15, 0.2) is 0 Å². The van der Waals surface area contributed by atoms with E-state index in [9.17, 15) is 9.59 Å². The van der Waals surface area contributed by atoms with E-state index < -0.39 is 0 Å². The van der Waals surface area contributed by atoms with Crippen LogP contribution in [0.2, 0.25) is 0 Å². The summed E-state index contributed by atoms with van der Waals surface area (Å²) in [6.45, 7) is 5.18. The van der Waals surface area contributed by atoms with Gasteiger partial charge in [-0.2, -0.15) is 5.10 Å². The van der Waals surface area contributed by atoms with Crippen molar-refractivity contribution in [1.29, 1.82) is 0 Å². The lowest BCUT2D eigenvalue weighted by Gasteiger charge is -2.33. The van der Waals surface area contributed by atoms with Crippen molar-refractivity contribution in [2.45, 2.75) is 51.6 Å². The normalized spacial score (nSPS) is 19.3. The molecule has 0 aromatic carbocycles. The van der Waals surface area contributed by atoms with Gasteiger partial charge in [-0.1, -0.05) is 0 Å². The van der Waals surface area contributed by atoms with Crippen LogP contribution in [0.3, 0.4) is 0 Å². The zero-order valence-corrected chi connectivity index (χ0v) is 14.2. The van der Waals surface area contributed by atoms with E-state index in [-0.39, 0.29) is 18.0 Å². The molecule has 1 saturated heterocycles. The summed E-state index contributed by atoms with van der Waals surface area (Å²) in [5.74, 6) is 0.123. The molecule has 23 heavy (non-hydrogen) atoms. The first-order chi connectivity index (χ1) is 11.0. The van der Waals surface area contributed by atoms with Gasteiger partial charge in [-0.3, -0.25) is 9.48 Å². The Bertz CT molecular complexity index is 542. The van der Waals surface area contributed by atoms with Crippen molar-refractivity contribution in [3.8, 4) is 0 Å². The van der Waals surface area contributed by atoms with Crippen molar-refractivity contribution in [3.05, 3.63) is 18.0 Å². The summed E-state index contributed by atoms with van der Waals surface area (Å²) in [6, 6.07) is -0.0713. The number of piperidine rings is 1. The second-order valence-electron chi connectivity index (χ2n) is 6.25. The molecule has 0 bridgehead atoms. The molecule has 3 amide bonds. The molecule has 1 aromatic heterocycles. The summed E-state index contributed by atoms with van der Waals surface area (Å²) < 4.78 is 1.70. The van der Waals surface area contributed by atoms with Gasteiger partial charge in [-0.05, 0) is 33.1 Å². The molecule has 0 spiro atoms. The topological polar surface area (TPSA) is 79.3 Å². The zero-order chi connectivity index (χ0) is 16.8. The Labute approximate surface area is 137 Å². The van der Waals surface area contributed by atoms with Crippen LogP contribution in [0.5, 0.6) is 0 Å². The highest BCUT2D eigenvalue weighted by Crippen LogP contribution is 2.17. The summed E-state index contributed by atoms with van der Waals surface area (Å²) >= 11 is 0. The number of aromatic nitrogens is 2. The van der Waals surface area contributed by atoms with E-state index in [2.05, 4.69) is 22.7 Å². The molecule has 0 saturated carbocycles. The molecule has 7 nitrogen and oxygen atoms in total. The van der Waals surface area contributed by atoms with E-state index in [1.807, 2.05) is 25.1 Å². The Hall–Kier alpha value is -2.05. The zero-order valence-electron chi connectivity index (χ0n) is 14.2. The Kier molecular flexibility index (Phi) is 6.01. The first-order valence-electron chi connectivity index (χ1n) is 8.29. The van der Waals surface area contributed by atoms with Gasteiger partial charge in [0.2, 0.25) is 5.91 Å². The van der Waals surface area contributed by atoms with E-state index >= 15 is 0 Å². The maximum Gasteiger partial charge on any atom is 0.315 e. The molecule has 1 fully saturated rings. The minimum absolute atomic E-state index is 0.123. The minimum atomic E-state index is -0.263. The van der Waals surface area contributed by atoms with Crippen molar-refractivity contribution < 1.29 is 9.59 Å². The SMILES string of the molecule is C[C@@H](NC(=O)NCCC(=O)N1CCCC[C@@H]1C)c1cnn(C)c1. The second-order valence-corrected chi connectivity index (χ2v) is 6.25. The lowest BCUT2D eigenvalue weighted by atomic mass is 10.0. The van der Waals surface area contributed by atoms with E-state index in [0.717, 1.165) is 24.9 Å². The second kappa shape index (κ2) is 7.99. The van der Waals surface area contributed by atoms with Crippen molar-refractivity contribution in [2.24, 2.45) is 7.05 Å². The van der Waals surface area contributed by atoms with E-state index in [0.29, 0.717) is 19.0 Å². The highest BCUT2D eigenvalue weighted by Gasteiger charge is 2.22. The number of carbonyl (C=O) groups is 2. The number of nitrogens with one attached hydrogen (secondary N) is 2. The predicted molar refractivity (Wildman–Crippen MR) is 87.8 cm³/mol. The number of hydrogen-bond donors (Lipinski definition) is 2. The van der Waals surface area contributed by atoms with Crippen molar-refractivity contribution in [2.75, 3.05) is 13.1 Å². The van der Waals surface area contributed by atoms with Gasteiger partial charge in [0, 0.05) is 44.4 Å². The van der Waals surface area contributed by atoms with Crippen molar-refractivity contribution >= 4 is 11.9 Å². The molecule has 2 N–H and O–H groups in total. The van der Waals surface area contributed by atoms with Gasteiger partial charge < -0.3 is 15.5 Å². The molecule has 2 rings (SSSR count). The number of carbonyl (C=O) groups excluding carboxylic acids is 2. The van der Waals surface area contributed by atoms with Gasteiger partial charge in [0.1, 0.15) is 0 Å². The molecule has 128 valence electrons. The van der Waals surface area contributed by atoms with Crippen LogP contribution in [-0.4, -0.2) is 45.8 Å². The quantitative estimate of drug-likeness (QED) is 0.864. The van der Waals surface area contributed by atoms with Crippen molar-refractivity contribution in [1.82, 2.24) is 25.3 Å². The summed E-state index contributed by atoms with van der Waals surface area (Å²) in [6.07, 6.45) is 7.28. The molecule has 1 aliphatic heterocycles. The standard InChI is InChI=1S/C16H27N5O2/c1-12-6-4-5-9-21(12)15(22)7-8-17-16(23)19-13(2)14-10-18-20(3)11-14/h10-13H,4-9H2,1-3H3,(H2,17,19,23)/t12-,13+/m0/s1. The van der Waals surface area contributed by atoms with Crippen LogP contribution in [0.4, 0.5) is 4.79 Å². The van der Waals surface area contributed by atoms with Crippen LogP contribution in [0.25, 0.3) is 0 Å². The Morgan fingerprint density at radius 1 is 1.43 bits per heavy atom. The average molecular weight is 321 g/mol. The molecule has 0 radical (unpaired) electrons. The highest BCUT2D eigenvalue weighted by atomic mass is 16.2. The molecule has 2 atom stereocenters. The Morgan fingerprint density at radius 2 is 2.22 bits per heavy atom. The molecule has 2 heterocycles. The molecular weight excluding hydrogens is 294 g/mol. The molecule has 7 heteroatoms. The fourth-order valence-electron chi connectivity index (χ4n) is 2.89. The maximum atomic E-state index is 12.2. The number of rotatable bonds is 5. The van der Waals surface area contributed by atoms with Crippen LogP contribution >= 0.6 is 0 Å². The Balaban J connectivity index is 1.69. The number of amides is 3. The predicted octanol–water partition coefficient (Wildman–Crippen LogP) is 1.57. The molecular formula is C16H27N5O2. The average Bonchev–Trinajstić information content (AvgIpc) is 2.94. The number of aryl methyl sites for hydroxylation is 1. The summed E-state index contributed by atoms with van der Waals surface area (Å²) in [4.78, 5) is 26.0. The largest absolute Gasteiger partial charge is 0.340 e. The van der Waals surface area contributed by atoms with Crippen LogP contribution in [0.1, 0.15) is 51.1 Å². The summed E-state index contributed by atoms with van der Waals surface area (Å²) in [5, 5.41) is 9.68. The van der Waals surface area contributed by atoms with Gasteiger partial charge >= 0.3 is 6.03 Å². The third-order valence-electron chi connectivity index (χ3n) is 4.32. The van der Waals surface area contributed by atoms with E-state index in [1.165, 1.54) is 6.42 Å². The van der Waals surface area contributed by atoms with E-state index in [1.54, 1.807) is 10.9 Å². The third-order valence-corrected chi connectivity index (χ3v) is 4.32. The van der Waals surface area contributed by atoms with Gasteiger partial charge in [0.25, 0.3) is 0 Å². The fourth-order valence-corrected chi connectivity index (χ4v) is 2.89. The number of hydrogen-bond acceptors (Lipinski definition) is 3. The molecule has 1 aromatic rings. The molecule has 0 unspecified atom stereocenters. The Morgan fingerprint density at radius 3 is 2.87 bits per heavy atom. The number of likely N-dealkylation sites (tertiary alicyclic amines) is 1. The van der Waals surface area contributed by atoms with Gasteiger partial charge in [-0.25, -0.2) is 4.79 Å². The number of urea groups is 1. The summed E-state index contributed by atoms with van der Waals surface area (Å²) in [7, 11) is 1.84. The van der Waals surface area contributed by atoms with Crippen LogP contribution in [0, 0.1) is 0 Å². The van der Waals surface area contributed by atoms with Crippen LogP contribution in [-0.2, 0) is 11.8 Å². The monoisotopic (exact) mass is 321 g/mol. The van der Waals surface area contributed by atoms with Gasteiger partial charge in [-0.15, -0.1) is 0 Å². The first-order valence-corrected chi connectivity index (χ1v) is 8.29. The summed E-state index contributed by atoms with van der Waals surface area (Å²) in [5.41, 5.74) is 0.945. The lowest BCUT2D eigenvalue weighted by molar-refractivity contribution is -0.134. The molecule has 0 aliphatic carbocycles. The van der Waals surface area contributed by atoms with Crippen molar-refractivity contribution in [3.63, 3.8) is 0 Å². The first kappa shape index (κ1) is 17.3.